The molecule has 3 nitrogen and oxygen atoms in total. The second-order valence-electron chi connectivity index (χ2n) is 2.62. The van der Waals surface area contributed by atoms with Crippen LogP contribution >= 0.6 is 0 Å². The Labute approximate surface area is 68.2 Å². The minimum absolute atomic E-state index is 0.210. The highest BCUT2D eigenvalue weighted by atomic mass is 32.2. The predicted molar refractivity (Wildman–Crippen MR) is 44.8 cm³/mol. The van der Waals surface area contributed by atoms with Gasteiger partial charge in [0, 0.05) is 0 Å². The van der Waals surface area contributed by atoms with Crippen molar-refractivity contribution in [1.82, 2.24) is 0 Å². The zero-order chi connectivity index (χ0) is 8.91. The summed E-state index contributed by atoms with van der Waals surface area (Å²) >= 11 is 0. The van der Waals surface area contributed by atoms with Crippen LogP contribution in [-0.4, -0.2) is 21.3 Å². The quantitative estimate of drug-likeness (QED) is 0.469. The SMILES string of the molecule is C=CCC(C)COS(C)(=O)=O. The molecule has 0 rings (SSSR count). The summed E-state index contributed by atoms with van der Waals surface area (Å²) in [5, 5.41) is 0. The van der Waals surface area contributed by atoms with Crippen molar-refractivity contribution in [2.45, 2.75) is 13.3 Å². The summed E-state index contributed by atoms with van der Waals surface area (Å²) in [6, 6.07) is 0. The maximum Gasteiger partial charge on any atom is 0.264 e. The third-order valence-electron chi connectivity index (χ3n) is 1.14. The molecule has 0 amide bonds. The Kier molecular flexibility index (Phi) is 4.37. The van der Waals surface area contributed by atoms with E-state index in [1.165, 1.54) is 0 Å². The zero-order valence-electron chi connectivity index (χ0n) is 6.91. The Morgan fingerprint density at radius 2 is 2.18 bits per heavy atom. The van der Waals surface area contributed by atoms with Gasteiger partial charge in [-0.3, -0.25) is 4.18 Å². The molecule has 0 spiro atoms. The molecule has 1 atom stereocenters. The molecule has 4 heteroatoms. The van der Waals surface area contributed by atoms with Crippen molar-refractivity contribution in [3.8, 4) is 0 Å². The lowest BCUT2D eigenvalue weighted by atomic mass is 10.1. The monoisotopic (exact) mass is 178 g/mol. The summed E-state index contributed by atoms with van der Waals surface area (Å²) in [7, 11) is -3.27. The van der Waals surface area contributed by atoms with Crippen LogP contribution in [0.15, 0.2) is 12.7 Å². The Morgan fingerprint density at radius 1 is 1.64 bits per heavy atom. The Bertz CT molecular complexity index is 206. The van der Waals surface area contributed by atoms with E-state index in [0.29, 0.717) is 0 Å². The predicted octanol–water partition coefficient (Wildman–Crippen LogP) is 1.17. The van der Waals surface area contributed by atoms with Gasteiger partial charge in [-0.25, -0.2) is 0 Å². The van der Waals surface area contributed by atoms with Crippen molar-refractivity contribution < 1.29 is 12.6 Å². The Morgan fingerprint density at radius 3 is 2.55 bits per heavy atom. The lowest BCUT2D eigenvalue weighted by Gasteiger charge is -2.06. The zero-order valence-corrected chi connectivity index (χ0v) is 7.73. The molecule has 0 radical (unpaired) electrons. The highest BCUT2D eigenvalue weighted by molar-refractivity contribution is 7.85. The summed E-state index contributed by atoms with van der Waals surface area (Å²) in [6.07, 6.45) is 3.57. The van der Waals surface area contributed by atoms with Gasteiger partial charge >= 0.3 is 0 Å². The van der Waals surface area contributed by atoms with Crippen LogP contribution in [0.1, 0.15) is 13.3 Å². The van der Waals surface area contributed by atoms with Crippen molar-refractivity contribution in [1.29, 1.82) is 0 Å². The van der Waals surface area contributed by atoms with Crippen LogP contribution in [0.25, 0.3) is 0 Å². The number of allylic oxidation sites excluding steroid dienone is 1. The molecular weight excluding hydrogens is 164 g/mol. The van der Waals surface area contributed by atoms with Crippen LogP contribution in [0.2, 0.25) is 0 Å². The maximum absolute atomic E-state index is 10.5. The highest BCUT2D eigenvalue weighted by Gasteiger charge is 2.05. The highest BCUT2D eigenvalue weighted by Crippen LogP contribution is 2.03. The summed E-state index contributed by atoms with van der Waals surface area (Å²) in [6.45, 7) is 5.69. The molecule has 0 heterocycles. The van der Waals surface area contributed by atoms with Gasteiger partial charge in [0.25, 0.3) is 10.1 Å². The van der Waals surface area contributed by atoms with Gasteiger partial charge in [-0.05, 0) is 12.3 Å². The van der Waals surface area contributed by atoms with E-state index in [-0.39, 0.29) is 12.5 Å². The summed E-state index contributed by atoms with van der Waals surface area (Å²) in [5.74, 6) is 0.210. The number of hydrogen-bond donors (Lipinski definition) is 0. The van der Waals surface area contributed by atoms with Gasteiger partial charge in [-0.2, -0.15) is 8.42 Å². The molecule has 1 unspecified atom stereocenters. The third kappa shape index (κ3) is 7.55. The van der Waals surface area contributed by atoms with E-state index in [2.05, 4.69) is 10.8 Å². The van der Waals surface area contributed by atoms with E-state index >= 15 is 0 Å². The van der Waals surface area contributed by atoms with E-state index in [9.17, 15) is 8.42 Å². The summed E-state index contributed by atoms with van der Waals surface area (Å²) in [5.41, 5.74) is 0. The average molecular weight is 178 g/mol. The van der Waals surface area contributed by atoms with Gasteiger partial charge in [0.1, 0.15) is 0 Å². The molecule has 0 bridgehead atoms. The molecule has 66 valence electrons. The van der Waals surface area contributed by atoms with E-state index in [1.54, 1.807) is 6.08 Å². The van der Waals surface area contributed by atoms with Crippen molar-refractivity contribution in [2.24, 2.45) is 5.92 Å². The molecule has 0 fully saturated rings. The summed E-state index contributed by atoms with van der Waals surface area (Å²) in [4.78, 5) is 0. The third-order valence-corrected chi connectivity index (χ3v) is 1.70. The average Bonchev–Trinajstić information content (AvgIpc) is 1.83. The van der Waals surface area contributed by atoms with E-state index < -0.39 is 10.1 Å². The van der Waals surface area contributed by atoms with Crippen LogP contribution in [-0.2, 0) is 14.3 Å². The molecule has 11 heavy (non-hydrogen) atoms. The van der Waals surface area contributed by atoms with E-state index in [0.717, 1.165) is 12.7 Å². The first kappa shape index (κ1) is 10.7. The fraction of sp³-hybridized carbons (Fsp3) is 0.714. The fourth-order valence-electron chi connectivity index (χ4n) is 0.592. The second-order valence-corrected chi connectivity index (χ2v) is 4.26. The first-order chi connectivity index (χ1) is 4.95. The first-order valence-electron chi connectivity index (χ1n) is 3.41. The largest absolute Gasteiger partial charge is 0.270 e. The molecule has 0 aliphatic heterocycles. The Hall–Kier alpha value is -0.350. The topological polar surface area (TPSA) is 43.4 Å². The normalized spacial score (nSPS) is 14.4. The smallest absolute Gasteiger partial charge is 0.264 e. The lowest BCUT2D eigenvalue weighted by Crippen LogP contribution is -2.10. The van der Waals surface area contributed by atoms with Gasteiger partial charge in [-0.1, -0.05) is 13.0 Å². The number of hydrogen-bond acceptors (Lipinski definition) is 3. The molecule has 0 aliphatic carbocycles. The number of rotatable bonds is 5. The molecule has 0 aliphatic rings. The molecule has 0 aromatic heterocycles. The van der Waals surface area contributed by atoms with Crippen molar-refractivity contribution in [2.75, 3.05) is 12.9 Å². The molecule has 0 aromatic carbocycles. The van der Waals surface area contributed by atoms with Gasteiger partial charge in [0.05, 0.1) is 12.9 Å². The van der Waals surface area contributed by atoms with E-state index in [4.69, 9.17) is 0 Å². The van der Waals surface area contributed by atoms with Crippen LogP contribution in [0.5, 0.6) is 0 Å². The van der Waals surface area contributed by atoms with E-state index in [1.807, 2.05) is 6.92 Å². The molecular formula is C7H14O3S. The lowest BCUT2D eigenvalue weighted by molar-refractivity contribution is 0.268. The van der Waals surface area contributed by atoms with Crippen molar-refractivity contribution in [3.63, 3.8) is 0 Å². The van der Waals surface area contributed by atoms with Crippen LogP contribution in [0, 0.1) is 5.92 Å². The standard InChI is InChI=1S/C7H14O3S/c1-4-5-7(2)6-10-11(3,8)9/h4,7H,1,5-6H2,2-3H3. The minimum Gasteiger partial charge on any atom is -0.270 e. The van der Waals surface area contributed by atoms with Crippen molar-refractivity contribution in [3.05, 3.63) is 12.7 Å². The second kappa shape index (κ2) is 4.51. The van der Waals surface area contributed by atoms with Gasteiger partial charge in [0.15, 0.2) is 0 Å². The fourth-order valence-corrected chi connectivity index (χ4v) is 1.07. The van der Waals surface area contributed by atoms with Gasteiger partial charge < -0.3 is 0 Å². The Balaban J connectivity index is 3.62. The molecule has 0 saturated heterocycles. The van der Waals surface area contributed by atoms with Crippen LogP contribution < -0.4 is 0 Å². The van der Waals surface area contributed by atoms with Crippen LogP contribution in [0.3, 0.4) is 0 Å². The van der Waals surface area contributed by atoms with Gasteiger partial charge in [0.2, 0.25) is 0 Å². The molecule has 0 N–H and O–H groups in total. The van der Waals surface area contributed by atoms with Gasteiger partial charge in [-0.15, -0.1) is 6.58 Å². The first-order valence-corrected chi connectivity index (χ1v) is 5.22. The van der Waals surface area contributed by atoms with Crippen LogP contribution in [0.4, 0.5) is 0 Å². The minimum atomic E-state index is -3.27. The molecule has 0 saturated carbocycles. The maximum atomic E-state index is 10.5. The van der Waals surface area contributed by atoms with Crippen molar-refractivity contribution >= 4 is 10.1 Å². The summed E-state index contributed by atoms with van der Waals surface area (Å²) < 4.78 is 25.6. The molecule has 0 aromatic rings.